The molecule has 11 heavy (non-hydrogen) atoms. The molecule has 1 rings (SSSR count). The summed E-state index contributed by atoms with van der Waals surface area (Å²) in [5.74, 6) is 0. The summed E-state index contributed by atoms with van der Waals surface area (Å²) in [7, 11) is 2.06. The number of aliphatic hydroxyl groups excluding tert-OH is 1. The lowest BCUT2D eigenvalue weighted by atomic mass is 10.1. The van der Waals surface area contributed by atoms with Crippen LogP contribution in [0.3, 0.4) is 0 Å². The van der Waals surface area contributed by atoms with E-state index in [2.05, 4.69) is 11.9 Å². The van der Waals surface area contributed by atoms with Crippen molar-refractivity contribution in [3.63, 3.8) is 0 Å². The number of rotatable bonds is 3. The second-order valence-corrected chi connectivity index (χ2v) is 3.05. The van der Waals surface area contributed by atoms with Crippen LogP contribution in [0.4, 0.5) is 0 Å². The summed E-state index contributed by atoms with van der Waals surface area (Å²) < 4.78 is 5.24. The van der Waals surface area contributed by atoms with Crippen LogP contribution in [0, 0.1) is 0 Å². The van der Waals surface area contributed by atoms with E-state index in [1.807, 2.05) is 0 Å². The topological polar surface area (TPSA) is 32.7 Å². The van der Waals surface area contributed by atoms with Gasteiger partial charge < -0.3 is 14.7 Å². The van der Waals surface area contributed by atoms with Gasteiger partial charge >= 0.3 is 0 Å². The lowest BCUT2D eigenvalue weighted by Gasteiger charge is -2.30. The van der Waals surface area contributed by atoms with E-state index in [4.69, 9.17) is 9.84 Å². The molecule has 1 fully saturated rings. The minimum absolute atomic E-state index is 0.258. The average Bonchev–Trinajstić information content (AvgIpc) is 2.07. The largest absolute Gasteiger partial charge is 0.395 e. The smallest absolute Gasteiger partial charge is 0.0558 e. The number of aliphatic hydroxyl groups is 1. The minimum atomic E-state index is 0.258. The first-order valence-corrected chi connectivity index (χ1v) is 4.23. The van der Waals surface area contributed by atoms with Crippen LogP contribution in [0.15, 0.2) is 0 Å². The van der Waals surface area contributed by atoms with Crippen molar-refractivity contribution in [1.82, 2.24) is 4.90 Å². The van der Waals surface area contributed by atoms with E-state index in [-0.39, 0.29) is 6.61 Å². The fourth-order valence-corrected chi connectivity index (χ4v) is 1.47. The van der Waals surface area contributed by atoms with Crippen LogP contribution in [0.5, 0.6) is 0 Å². The third-order valence-corrected chi connectivity index (χ3v) is 2.27. The first-order valence-electron chi connectivity index (χ1n) is 4.23. The molecule has 1 heterocycles. The zero-order valence-electron chi connectivity index (χ0n) is 7.12. The van der Waals surface area contributed by atoms with E-state index in [0.29, 0.717) is 6.04 Å². The molecule has 0 atom stereocenters. The Balaban J connectivity index is 2.21. The Morgan fingerprint density at radius 1 is 1.45 bits per heavy atom. The van der Waals surface area contributed by atoms with Crippen molar-refractivity contribution in [2.75, 3.05) is 33.4 Å². The van der Waals surface area contributed by atoms with Gasteiger partial charge in [-0.3, -0.25) is 0 Å². The summed E-state index contributed by atoms with van der Waals surface area (Å²) in [6.07, 6.45) is 2.22. The number of nitrogens with zero attached hydrogens (tertiary/aromatic N) is 1. The summed E-state index contributed by atoms with van der Waals surface area (Å²) in [6, 6.07) is 0.621. The van der Waals surface area contributed by atoms with Gasteiger partial charge in [0.15, 0.2) is 0 Å². The number of ether oxygens (including phenoxy) is 1. The molecule has 1 aliphatic rings. The van der Waals surface area contributed by atoms with Crippen LogP contribution in [-0.2, 0) is 4.74 Å². The first-order chi connectivity index (χ1) is 5.34. The van der Waals surface area contributed by atoms with Crippen LogP contribution in [0.1, 0.15) is 12.8 Å². The van der Waals surface area contributed by atoms with Crippen molar-refractivity contribution in [3.05, 3.63) is 0 Å². The molecule has 0 spiro atoms. The monoisotopic (exact) mass is 159 g/mol. The van der Waals surface area contributed by atoms with Gasteiger partial charge in [0.25, 0.3) is 0 Å². The third-order valence-electron chi connectivity index (χ3n) is 2.27. The number of hydrogen-bond donors (Lipinski definition) is 1. The lowest BCUT2D eigenvalue weighted by molar-refractivity contribution is 0.0380. The lowest BCUT2D eigenvalue weighted by Crippen LogP contribution is -2.38. The van der Waals surface area contributed by atoms with Gasteiger partial charge in [-0.25, -0.2) is 0 Å². The van der Waals surface area contributed by atoms with Gasteiger partial charge in [0.1, 0.15) is 0 Å². The van der Waals surface area contributed by atoms with Gasteiger partial charge in [-0.15, -0.1) is 0 Å². The maximum atomic E-state index is 8.69. The van der Waals surface area contributed by atoms with Crippen LogP contribution in [-0.4, -0.2) is 49.5 Å². The average molecular weight is 159 g/mol. The predicted molar refractivity (Wildman–Crippen MR) is 43.6 cm³/mol. The Hall–Kier alpha value is -0.120. The first kappa shape index (κ1) is 8.97. The number of likely N-dealkylation sites (N-methyl/N-ethyl adjacent to an activating group) is 1. The zero-order valence-corrected chi connectivity index (χ0v) is 7.12. The molecule has 3 heteroatoms. The van der Waals surface area contributed by atoms with E-state index >= 15 is 0 Å². The summed E-state index contributed by atoms with van der Waals surface area (Å²) >= 11 is 0. The molecule has 66 valence electrons. The van der Waals surface area contributed by atoms with Crippen molar-refractivity contribution < 1.29 is 9.84 Å². The minimum Gasteiger partial charge on any atom is -0.395 e. The Morgan fingerprint density at radius 3 is 2.64 bits per heavy atom. The highest BCUT2D eigenvalue weighted by Crippen LogP contribution is 2.11. The SMILES string of the molecule is CN(CCO)C1CCOCC1. The Bertz CT molecular complexity index is 102. The van der Waals surface area contributed by atoms with E-state index < -0.39 is 0 Å². The van der Waals surface area contributed by atoms with E-state index in [1.165, 1.54) is 0 Å². The van der Waals surface area contributed by atoms with E-state index in [9.17, 15) is 0 Å². The Kier molecular flexibility index (Phi) is 3.83. The maximum absolute atomic E-state index is 8.69. The Morgan fingerprint density at radius 2 is 2.09 bits per heavy atom. The predicted octanol–water partition coefficient (Wildman–Crippen LogP) is 0.0895. The quantitative estimate of drug-likeness (QED) is 0.633. The second-order valence-electron chi connectivity index (χ2n) is 3.05. The maximum Gasteiger partial charge on any atom is 0.0558 e. The molecular weight excluding hydrogens is 142 g/mol. The van der Waals surface area contributed by atoms with Crippen LogP contribution in [0.25, 0.3) is 0 Å². The molecule has 1 N–H and O–H groups in total. The van der Waals surface area contributed by atoms with Gasteiger partial charge in [-0.1, -0.05) is 0 Å². The molecule has 0 bridgehead atoms. The molecule has 1 saturated heterocycles. The molecule has 0 amide bonds. The van der Waals surface area contributed by atoms with E-state index in [0.717, 1.165) is 32.6 Å². The zero-order chi connectivity index (χ0) is 8.10. The Labute approximate surface area is 68.0 Å². The number of hydrogen-bond acceptors (Lipinski definition) is 3. The molecule has 0 saturated carbocycles. The summed E-state index contributed by atoms with van der Waals surface area (Å²) in [4.78, 5) is 2.21. The van der Waals surface area contributed by atoms with Crippen molar-refractivity contribution >= 4 is 0 Å². The van der Waals surface area contributed by atoms with Gasteiger partial charge in [0, 0.05) is 25.8 Å². The van der Waals surface area contributed by atoms with Crippen LogP contribution < -0.4 is 0 Å². The molecule has 0 unspecified atom stereocenters. The summed E-state index contributed by atoms with van der Waals surface area (Å²) in [5.41, 5.74) is 0. The van der Waals surface area contributed by atoms with Gasteiger partial charge in [0.05, 0.1) is 6.61 Å². The molecule has 0 aromatic heterocycles. The highest BCUT2D eigenvalue weighted by molar-refractivity contribution is 4.71. The molecule has 0 aromatic carbocycles. The molecule has 0 aliphatic carbocycles. The fourth-order valence-electron chi connectivity index (χ4n) is 1.47. The van der Waals surface area contributed by atoms with Crippen molar-refractivity contribution in [3.8, 4) is 0 Å². The normalized spacial score (nSPS) is 21.0. The molecule has 3 nitrogen and oxygen atoms in total. The van der Waals surface area contributed by atoms with Crippen molar-refractivity contribution in [2.24, 2.45) is 0 Å². The van der Waals surface area contributed by atoms with Crippen molar-refractivity contribution in [1.29, 1.82) is 0 Å². The van der Waals surface area contributed by atoms with Crippen LogP contribution >= 0.6 is 0 Å². The summed E-state index contributed by atoms with van der Waals surface area (Å²) in [6.45, 7) is 2.79. The van der Waals surface area contributed by atoms with Gasteiger partial charge in [-0.05, 0) is 19.9 Å². The summed E-state index contributed by atoms with van der Waals surface area (Å²) in [5, 5.41) is 8.69. The second kappa shape index (κ2) is 4.70. The molecular formula is C8H17NO2. The third kappa shape index (κ3) is 2.77. The molecule has 0 radical (unpaired) electrons. The van der Waals surface area contributed by atoms with Gasteiger partial charge in [-0.2, -0.15) is 0 Å². The van der Waals surface area contributed by atoms with Gasteiger partial charge in [0.2, 0.25) is 0 Å². The van der Waals surface area contributed by atoms with Crippen molar-refractivity contribution in [2.45, 2.75) is 18.9 Å². The molecule has 0 aromatic rings. The van der Waals surface area contributed by atoms with Crippen LogP contribution in [0.2, 0.25) is 0 Å². The molecule has 1 aliphatic heterocycles. The van der Waals surface area contributed by atoms with E-state index in [1.54, 1.807) is 0 Å². The highest BCUT2D eigenvalue weighted by Gasteiger charge is 2.17. The fraction of sp³-hybridized carbons (Fsp3) is 1.00. The highest BCUT2D eigenvalue weighted by atomic mass is 16.5. The standard InChI is InChI=1S/C8H17NO2/c1-9(4-5-10)8-2-6-11-7-3-8/h8,10H,2-7H2,1H3.